The number of amides is 1. The summed E-state index contributed by atoms with van der Waals surface area (Å²) in [4.78, 5) is 28.5. The molecule has 1 amide bonds. The lowest BCUT2D eigenvalue weighted by atomic mass is 10.1. The molecule has 0 fully saturated rings. The van der Waals surface area contributed by atoms with Gasteiger partial charge in [-0.2, -0.15) is 0 Å². The Hall–Kier alpha value is -2.54. The van der Waals surface area contributed by atoms with Crippen LogP contribution < -0.4 is 9.47 Å². The molecule has 0 bridgehead atoms. The van der Waals surface area contributed by atoms with Crippen LogP contribution in [0.25, 0.3) is 6.08 Å². The zero-order chi connectivity index (χ0) is 23.6. The van der Waals surface area contributed by atoms with Gasteiger partial charge < -0.3 is 24.0 Å². The molecule has 0 saturated heterocycles. The predicted octanol–water partition coefficient (Wildman–Crippen LogP) is 3.48. The molecule has 0 aliphatic heterocycles. The van der Waals surface area contributed by atoms with Crippen molar-refractivity contribution in [3.05, 3.63) is 29.8 Å². The van der Waals surface area contributed by atoms with Gasteiger partial charge in [0.1, 0.15) is 12.1 Å². The monoisotopic (exact) mass is 434 g/mol. The van der Waals surface area contributed by atoms with Crippen molar-refractivity contribution in [3.63, 3.8) is 0 Å². The predicted molar refractivity (Wildman–Crippen MR) is 123 cm³/mol. The minimum absolute atomic E-state index is 0.0976. The quantitative estimate of drug-likeness (QED) is 0.392. The van der Waals surface area contributed by atoms with Gasteiger partial charge in [-0.25, -0.2) is 0 Å². The summed E-state index contributed by atoms with van der Waals surface area (Å²) in [5.74, 6) is 0.985. The summed E-state index contributed by atoms with van der Waals surface area (Å²) in [6.07, 6.45) is 3.16. The molecule has 31 heavy (non-hydrogen) atoms. The van der Waals surface area contributed by atoms with Gasteiger partial charge in [0.15, 0.2) is 11.5 Å². The first-order valence-electron chi connectivity index (χ1n) is 10.6. The molecule has 0 spiro atoms. The molecule has 0 aliphatic carbocycles. The highest BCUT2D eigenvalue weighted by Gasteiger charge is 2.21. The topological polar surface area (TPSA) is 68.3 Å². The third-order valence-corrected chi connectivity index (χ3v) is 4.05. The number of hydrogen-bond donors (Lipinski definition) is 0. The van der Waals surface area contributed by atoms with Crippen LogP contribution in [-0.4, -0.2) is 74.7 Å². The van der Waals surface area contributed by atoms with Crippen LogP contribution in [0.15, 0.2) is 24.3 Å². The van der Waals surface area contributed by atoms with Gasteiger partial charge in [0.25, 0.3) is 0 Å². The molecule has 0 aromatic heterocycles. The van der Waals surface area contributed by atoms with Crippen molar-refractivity contribution in [2.75, 3.05) is 47.4 Å². The number of esters is 1. The first-order valence-corrected chi connectivity index (χ1v) is 10.6. The van der Waals surface area contributed by atoms with Crippen LogP contribution in [0.4, 0.5) is 0 Å². The zero-order valence-electron chi connectivity index (χ0n) is 20.2. The highest BCUT2D eigenvalue weighted by Crippen LogP contribution is 2.29. The van der Waals surface area contributed by atoms with Crippen LogP contribution in [0.5, 0.6) is 11.5 Å². The molecule has 1 aromatic rings. The second kappa shape index (κ2) is 12.3. The van der Waals surface area contributed by atoms with E-state index >= 15 is 0 Å². The molecule has 7 nitrogen and oxygen atoms in total. The summed E-state index contributed by atoms with van der Waals surface area (Å²) in [6.45, 7) is 11.1. The third kappa shape index (κ3) is 10.9. The highest BCUT2D eigenvalue weighted by molar-refractivity contribution is 5.93. The maximum absolute atomic E-state index is 12.8. The van der Waals surface area contributed by atoms with Crippen LogP contribution in [-0.2, 0) is 14.3 Å². The molecule has 0 N–H and O–H groups in total. The number of carbonyl (C=O) groups is 2. The van der Waals surface area contributed by atoms with Gasteiger partial charge in [-0.1, -0.05) is 19.9 Å². The number of ether oxygens (including phenoxy) is 3. The van der Waals surface area contributed by atoms with Crippen molar-refractivity contribution < 1.29 is 23.8 Å². The fourth-order valence-electron chi connectivity index (χ4n) is 2.55. The van der Waals surface area contributed by atoms with Crippen molar-refractivity contribution in [3.8, 4) is 11.5 Å². The van der Waals surface area contributed by atoms with E-state index in [-0.39, 0.29) is 12.5 Å². The van der Waals surface area contributed by atoms with Gasteiger partial charge in [0, 0.05) is 19.2 Å². The molecule has 1 aromatic carbocycles. The molecule has 7 heteroatoms. The molecular weight excluding hydrogens is 396 g/mol. The van der Waals surface area contributed by atoms with Gasteiger partial charge in [-0.3, -0.25) is 9.59 Å². The lowest BCUT2D eigenvalue weighted by Gasteiger charge is -2.25. The van der Waals surface area contributed by atoms with Crippen molar-refractivity contribution >= 4 is 18.0 Å². The fourth-order valence-corrected chi connectivity index (χ4v) is 2.55. The Morgan fingerprint density at radius 2 is 1.77 bits per heavy atom. The van der Waals surface area contributed by atoms with E-state index in [4.69, 9.17) is 14.2 Å². The van der Waals surface area contributed by atoms with Crippen LogP contribution >= 0.6 is 0 Å². The van der Waals surface area contributed by atoms with Crippen molar-refractivity contribution in [2.45, 2.75) is 40.2 Å². The van der Waals surface area contributed by atoms with Crippen molar-refractivity contribution in [1.82, 2.24) is 9.80 Å². The molecule has 0 unspecified atom stereocenters. The number of rotatable bonds is 11. The Balaban J connectivity index is 2.91. The molecule has 0 atom stereocenters. The highest BCUT2D eigenvalue weighted by atomic mass is 16.6. The van der Waals surface area contributed by atoms with Crippen LogP contribution in [0.3, 0.4) is 0 Å². The number of methoxy groups -OCH3 is 1. The van der Waals surface area contributed by atoms with Gasteiger partial charge in [-0.05, 0) is 64.6 Å². The minimum atomic E-state index is -0.598. The van der Waals surface area contributed by atoms with Crippen LogP contribution in [0.2, 0.25) is 0 Å². The van der Waals surface area contributed by atoms with E-state index in [9.17, 15) is 9.59 Å². The molecule has 0 heterocycles. The van der Waals surface area contributed by atoms with Gasteiger partial charge in [0.2, 0.25) is 5.91 Å². The van der Waals surface area contributed by atoms with E-state index in [1.54, 1.807) is 34.0 Å². The molecule has 1 rings (SSSR count). The first-order chi connectivity index (χ1) is 14.4. The molecule has 0 radical (unpaired) electrons. The van der Waals surface area contributed by atoms with E-state index < -0.39 is 11.6 Å². The second-order valence-electron chi connectivity index (χ2n) is 9.10. The second-order valence-corrected chi connectivity index (χ2v) is 9.10. The van der Waals surface area contributed by atoms with Gasteiger partial charge >= 0.3 is 5.97 Å². The number of benzene rings is 1. The molecule has 0 aliphatic rings. The normalized spacial score (nSPS) is 11.8. The van der Waals surface area contributed by atoms with E-state index in [0.717, 1.165) is 5.56 Å². The van der Waals surface area contributed by atoms with Crippen LogP contribution in [0, 0.1) is 5.92 Å². The first kappa shape index (κ1) is 26.5. The summed E-state index contributed by atoms with van der Waals surface area (Å²) >= 11 is 0. The summed E-state index contributed by atoms with van der Waals surface area (Å²) in [6, 6.07) is 5.51. The lowest BCUT2D eigenvalue weighted by Crippen LogP contribution is -2.41. The van der Waals surface area contributed by atoms with Crippen LogP contribution in [0.1, 0.15) is 40.2 Å². The molecule has 0 saturated carbocycles. The Labute approximate surface area is 186 Å². The van der Waals surface area contributed by atoms with E-state index in [1.165, 1.54) is 11.0 Å². The average Bonchev–Trinajstić information content (AvgIpc) is 2.66. The number of hydrogen-bond acceptors (Lipinski definition) is 6. The maximum atomic E-state index is 12.8. The lowest BCUT2D eigenvalue weighted by molar-refractivity contribution is -0.158. The third-order valence-electron chi connectivity index (χ3n) is 4.05. The Morgan fingerprint density at radius 3 is 2.32 bits per heavy atom. The summed E-state index contributed by atoms with van der Waals surface area (Å²) in [7, 11) is 5.42. The molecule has 174 valence electrons. The number of carbonyl (C=O) groups excluding carboxylic acids is 2. The van der Waals surface area contributed by atoms with Crippen molar-refractivity contribution in [2.24, 2.45) is 5.92 Å². The summed E-state index contributed by atoms with van der Waals surface area (Å²) < 4.78 is 16.6. The maximum Gasteiger partial charge on any atom is 0.326 e. The Morgan fingerprint density at radius 1 is 1.10 bits per heavy atom. The molecular formula is C24H38N2O5. The Kier molecular flexibility index (Phi) is 10.6. The summed E-state index contributed by atoms with van der Waals surface area (Å²) in [5, 5.41) is 0. The largest absolute Gasteiger partial charge is 0.493 e. The number of likely N-dealkylation sites (N-methyl/N-ethyl adjacent to an activating group) is 1. The van der Waals surface area contributed by atoms with Gasteiger partial charge in [0.05, 0.1) is 13.7 Å². The summed E-state index contributed by atoms with van der Waals surface area (Å²) in [5.41, 5.74) is 0.200. The zero-order valence-corrected chi connectivity index (χ0v) is 20.2. The van der Waals surface area contributed by atoms with E-state index in [2.05, 4.69) is 13.8 Å². The van der Waals surface area contributed by atoms with E-state index in [0.29, 0.717) is 37.1 Å². The SMILES string of the molecule is COc1cc(/C=C/C(=O)N(CCN(C)C)CC(=O)OC(C)(C)C)ccc1OCC(C)C. The van der Waals surface area contributed by atoms with Gasteiger partial charge in [-0.15, -0.1) is 0 Å². The average molecular weight is 435 g/mol. The number of nitrogens with zero attached hydrogens (tertiary/aromatic N) is 2. The minimum Gasteiger partial charge on any atom is -0.493 e. The smallest absolute Gasteiger partial charge is 0.326 e. The van der Waals surface area contributed by atoms with Crippen molar-refractivity contribution in [1.29, 1.82) is 0 Å². The fraction of sp³-hybridized carbons (Fsp3) is 0.583. The van der Waals surface area contributed by atoms with E-state index in [1.807, 2.05) is 37.2 Å². The standard InChI is InChI=1S/C24H38N2O5/c1-18(2)17-30-20-11-9-19(15-21(20)29-8)10-12-22(27)26(14-13-25(6)7)16-23(28)31-24(3,4)5/h9-12,15,18H,13-14,16-17H2,1-8H3/b12-10+. The Bertz CT molecular complexity index is 751.